The molecule has 1 saturated heterocycles. The second-order valence-corrected chi connectivity index (χ2v) is 4.14. The third kappa shape index (κ3) is 2.24. The molecule has 0 aromatic carbocycles. The van der Waals surface area contributed by atoms with E-state index in [1.54, 1.807) is 0 Å². The van der Waals surface area contributed by atoms with Crippen molar-refractivity contribution in [3.63, 3.8) is 0 Å². The Morgan fingerprint density at radius 2 is 2.00 bits per heavy atom. The highest BCUT2D eigenvalue weighted by atomic mass is 35.7. The van der Waals surface area contributed by atoms with Gasteiger partial charge in [0.2, 0.25) is 0 Å². The molecule has 9 heavy (non-hydrogen) atoms. The van der Waals surface area contributed by atoms with E-state index in [0.717, 1.165) is 12.8 Å². The summed E-state index contributed by atoms with van der Waals surface area (Å²) in [4.78, 5) is 0. The summed E-state index contributed by atoms with van der Waals surface area (Å²) >= 11 is 0. The van der Waals surface area contributed by atoms with Crippen LogP contribution in [0.25, 0.3) is 0 Å². The molecule has 0 amide bonds. The van der Waals surface area contributed by atoms with Gasteiger partial charge in [0.25, 0.3) is 0 Å². The first kappa shape index (κ1) is 7.51. The molecule has 0 bridgehead atoms. The van der Waals surface area contributed by atoms with Crippen LogP contribution in [0.2, 0.25) is 0 Å². The maximum Gasteiger partial charge on any atom is 0.118 e. The molecule has 0 aromatic rings. The van der Waals surface area contributed by atoms with E-state index in [2.05, 4.69) is 0 Å². The second-order valence-electron chi connectivity index (χ2n) is 2.06. The first-order valence-corrected chi connectivity index (χ1v) is 4.99. The molecule has 1 fully saturated rings. The number of hydrogen-bond donors (Lipinski definition) is 0. The van der Waals surface area contributed by atoms with Gasteiger partial charge >= 0.3 is 0 Å². The normalized spacial score (nSPS) is 25.9. The Kier molecular flexibility index (Phi) is 2.95. The van der Waals surface area contributed by atoms with Crippen molar-refractivity contribution >= 4 is 20.7 Å². The van der Waals surface area contributed by atoms with Gasteiger partial charge in [-0.25, -0.2) is 4.21 Å². The smallest absolute Gasteiger partial charge is 0.118 e. The van der Waals surface area contributed by atoms with Crippen LogP contribution in [0.15, 0.2) is 0 Å². The van der Waals surface area contributed by atoms with Crippen LogP contribution in [0.5, 0.6) is 0 Å². The van der Waals surface area contributed by atoms with Gasteiger partial charge in [0, 0.05) is 13.2 Å². The molecular formula is C5H9ClO2S. The SMILES string of the molecule is O=S(Cl)C1CCOCC1. The number of hydrogen-bond acceptors (Lipinski definition) is 2. The lowest BCUT2D eigenvalue weighted by molar-refractivity contribution is 0.0995. The molecule has 1 aliphatic rings. The number of rotatable bonds is 1. The Labute approximate surface area is 61.5 Å². The van der Waals surface area contributed by atoms with Gasteiger partial charge in [0.15, 0.2) is 0 Å². The molecular weight excluding hydrogens is 160 g/mol. The molecule has 0 N–H and O–H groups in total. The molecule has 0 radical (unpaired) electrons. The molecule has 1 rings (SSSR count). The summed E-state index contributed by atoms with van der Waals surface area (Å²) in [6.07, 6.45) is 1.69. The fourth-order valence-electron chi connectivity index (χ4n) is 0.861. The van der Waals surface area contributed by atoms with Crippen molar-refractivity contribution in [1.29, 1.82) is 0 Å². The van der Waals surface area contributed by atoms with Crippen molar-refractivity contribution in [2.75, 3.05) is 13.2 Å². The lowest BCUT2D eigenvalue weighted by Gasteiger charge is -2.17. The lowest BCUT2D eigenvalue weighted by Crippen LogP contribution is -2.22. The van der Waals surface area contributed by atoms with Crippen molar-refractivity contribution in [3.05, 3.63) is 0 Å². The monoisotopic (exact) mass is 168 g/mol. The summed E-state index contributed by atoms with van der Waals surface area (Å²) in [6, 6.07) is 0. The van der Waals surface area contributed by atoms with Crippen LogP contribution in [0.3, 0.4) is 0 Å². The lowest BCUT2D eigenvalue weighted by atomic mass is 10.2. The maximum absolute atomic E-state index is 10.6. The Bertz CT molecular complexity index is 112. The first-order chi connectivity index (χ1) is 4.30. The zero-order chi connectivity index (χ0) is 6.69. The fourth-order valence-corrected chi connectivity index (χ4v) is 1.96. The Balaban J connectivity index is 2.31. The molecule has 0 spiro atoms. The molecule has 0 aliphatic carbocycles. The Hall–Kier alpha value is 0.400. The van der Waals surface area contributed by atoms with E-state index in [-0.39, 0.29) is 5.25 Å². The van der Waals surface area contributed by atoms with Gasteiger partial charge in [0.05, 0.1) is 5.25 Å². The summed E-state index contributed by atoms with van der Waals surface area (Å²) in [5.74, 6) is 0. The molecule has 1 atom stereocenters. The summed E-state index contributed by atoms with van der Waals surface area (Å²) in [5.41, 5.74) is 0. The van der Waals surface area contributed by atoms with Crippen LogP contribution in [0, 0.1) is 0 Å². The summed E-state index contributed by atoms with van der Waals surface area (Å²) in [7, 11) is 4.21. The topological polar surface area (TPSA) is 26.3 Å². The predicted octanol–water partition coefficient (Wildman–Crippen LogP) is 1.07. The van der Waals surface area contributed by atoms with E-state index in [4.69, 9.17) is 15.4 Å². The highest BCUT2D eigenvalue weighted by Crippen LogP contribution is 2.14. The quantitative estimate of drug-likeness (QED) is 0.548. The van der Waals surface area contributed by atoms with Gasteiger partial charge in [-0.3, -0.25) is 0 Å². The van der Waals surface area contributed by atoms with E-state index in [0.29, 0.717) is 13.2 Å². The Morgan fingerprint density at radius 3 is 2.33 bits per heavy atom. The first-order valence-electron chi connectivity index (χ1n) is 2.95. The number of halogens is 1. The van der Waals surface area contributed by atoms with Gasteiger partial charge in [-0.1, -0.05) is 0 Å². The van der Waals surface area contributed by atoms with Crippen molar-refractivity contribution in [1.82, 2.24) is 0 Å². The third-order valence-corrected chi connectivity index (χ3v) is 3.18. The molecule has 2 nitrogen and oxygen atoms in total. The predicted molar refractivity (Wildman–Crippen MR) is 37.8 cm³/mol. The van der Waals surface area contributed by atoms with Gasteiger partial charge < -0.3 is 4.74 Å². The van der Waals surface area contributed by atoms with Crippen LogP contribution in [-0.2, 0) is 14.7 Å². The standard InChI is InChI=1S/C5H9ClO2S/c6-9(7)5-1-3-8-4-2-5/h5H,1-4H2. The molecule has 0 aromatic heterocycles. The molecule has 4 heteroatoms. The van der Waals surface area contributed by atoms with Crippen molar-refractivity contribution in [2.24, 2.45) is 0 Å². The Morgan fingerprint density at radius 1 is 1.44 bits per heavy atom. The molecule has 0 saturated carbocycles. The number of ether oxygens (including phenoxy) is 1. The largest absolute Gasteiger partial charge is 0.381 e. The minimum absolute atomic E-state index is 0.167. The minimum Gasteiger partial charge on any atom is -0.381 e. The van der Waals surface area contributed by atoms with Crippen LogP contribution in [0.1, 0.15) is 12.8 Å². The van der Waals surface area contributed by atoms with E-state index in [1.165, 1.54) is 0 Å². The van der Waals surface area contributed by atoms with E-state index < -0.39 is 10.0 Å². The highest BCUT2D eigenvalue weighted by Gasteiger charge is 2.17. The van der Waals surface area contributed by atoms with Crippen LogP contribution >= 0.6 is 10.7 Å². The van der Waals surface area contributed by atoms with E-state index >= 15 is 0 Å². The van der Waals surface area contributed by atoms with Crippen LogP contribution in [-0.4, -0.2) is 22.7 Å². The second kappa shape index (κ2) is 3.54. The fraction of sp³-hybridized carbons (Fsp3) is 1.00. The van der Waals surface area contributed by atoms with Crippen LogP contribution in [0.4, 0.5) is 0 Å². The molecule has 1 aliphatic heterocycles. The van der Waals surface area contributed by atoms with Gasteiger partial charge in [-0.2, -0.15) is 0 Å². The van der Waals surface area contributed by atoms with E-state index in [9.17, 15) is 4.21 Å². The minimum atomic E-state index is -1.16. The van der Waals surface area contributed by atoms with Gasteiger partial charge in [-0.05, 0) is 23.5 Å². The average Bonchev–Trinajstić information content (AvgIpc) is 1.90. The average molecular weight is 169 g/mol. The zero-order valence-corrected chi connectivity index (χ0v) is 6.58. The summed E-state index contributed by atoms with van der Waals surface area (Å²) in [6.45, 7) is 1.42. The molecule has 1 heterocycles. The van der Waals surface area contributed by atoms with Crippen molar-refractivity contribution < 1.29 is 8.95 Å². The summed E-state index contributed by atoms with van der Waals surface area (Å²) < 4.78 is 15.7. The molecule has 54 valence electrons. The van der Waals surface area contributed by atoms with Gasteiger partial charge in [-0.15, -0.1) is 0 Å². The van der Waals surface area contributed by atoms with Crippen molar-refractivity contribution in [3.8, 4) is 0 Å². The summed E-state index contributed by atoms with van der Waals surface area (Å²) in [5, 5.41) is 0.167. The highest BCUT2D eigenvalue weighted by molar-refractivity contribution is 8.08. The maximum atomic E-state index is 10.6. The zero-order valence-electron chi connectivity index (χ0n) is 5.01. The van der Waals surface area contributed by atoms with E-state index in [1.807, 2.05) is 0 Å². The molecule has 1 unspecified atom stereocenters. The van der Waals surface area contributed by atoms with Crippen molar-refractivity contribution in [2.45, 2.75) is 18.1 Å². The van der Waals surface area contributed by atoms with Gasteiger partial charge in [0.1, 0.15) is 10.0 Å². The van der Waals surface area contributed by atoms with Crippen LogP contribution < -0.4 is 0 Å². The third-order valence-electron chi connectivity index (χ3n) is 1.43.